The van der Waals surface area contributed by atoms with E-state index in [-0.39, 0.29) is 23.5 Å². The van der Waals surface area contributed by atoms with Crippen molar-refractivity contribution in [3.63, 3.8) is 0 Å². The van der Waals surface area contributed by atoms with E-state index in [0.29, 0.717) is 0 Å². The maximum Gasteiger partial charge on any atom is 0.124 e. The van der Waals surface area contributed by atoms with Crippen LogP contribution in [0.2, 0.25) is 0 Å². The van der Waals surface area contributed by atoms with Crippen LogP contribution >= 0.6 is 0 Å². The first kappa shape index (κ1) is 21.4. The van der Waals surface area contributed by atoms with E-state index >= 15 is 0 Å². The number of benzene rings is 1. The van der Waals surface area contributed by atoms with Gasteiger partial charge < -0.3 is 15.0 Å². The fourth-order valence-electron chi connectivity index (χ4n) is 1.86. The summed E-state index contributed by atoms with van der Waals surface area (Å²) in [5.41, 5.74) is -0.178. The molecule has 1 atom stereocenters. The zero-order valence-corrected chi connectivity index (χ0v) is 16.7. The zero-order valence-electron chi connectivity index (χ0n) is 13.7. The molecule has 0 spiro atoms. The number of hydrogen-bond donors (Lipinski definition) is 2. The van der Waals surface area contributed by atoms with Gasteiger partial charge in [-0.25, -0.2) is 0 Å². The summed E-state index contributed by atoms with van der Waals surface area (Å²) < 4.78 is 7.82. The Bertz CT molecular complexity index is 481. The van der Waals surface area contributed by atoms with Crippen LogP contribution in [0.25, 0.3) is 0 Å². The van der Waals surface area contributed by atoms with Gasteiger partial charge in [-0.3, -0.25) is 0 Å². The van der Waals surface area contributed by atoms with Gasteiger partial charge in [-0.05, 0) is 12.1 Å². The largest absolute Gasteiger partial charge is 0.545 e. The van der Waals surface area contributed by atoms with Gasteiger partial charge in [-0.1, -0.05) is 12.1 Å². The molecule has 1 aromatic carbocycles. The number of nitrogens with one attached hydrogen (secondary N) is 1. The van der Waals surface area contributed by atoms with E-state index in [9.17, 15) is 14.7 Å². The molecule has 6 nitrogen and oxygen atoms in total. The Morgan fingerprint density at radius 1 is 1.26 bits per heavy atom. The summed E-state index contributed by atoms with van der Waals surface area (Å²) in [6.07, 6.45) is 5.21. The van der Waals surface area contributed by atoms with Gasteiger partial charge >= 0.3 is 90.3 Å². The Morgan fingerprint density at radius 2 is 1.91 bits per heavy atom. The number of para-hydroxylation sites is 1. The Balaban J connectivity index is 0.000000433. The number of carbonyl (C=O) groups is 2. The number of ether oxygens (including phenoxy) is 1. The van der Waals surface area contributed by atoms with Crippen molar-refractivity contribution in [3.05, 3.63) is 29.8 Å². The molecule has 2 N–H and O–H groups in total. The predicted molar refractivity (Wildman–Crippen MR) is 80.3 cm³/mol. The average molecular weight is 375 g/mol. The monoisotopic (exact) mass is 373 g/mol. The third kappa shape index (κ3) is 9.90. The fourth-order valence-corrected chi connectivity index (χ4v) is 2.03. The van der Waals surface area contributed by atoms with Crippen LogP contribution in [0.5, 0.6) is 5.75 Å². The molecule has 0 saturated heterocycles. The smallest absolute Gasteiger partial charge is 0.124 e. The standard InChI is InChI=1S/C9H19NO2.C7H6O3.Zn/c1-3-5-7-8(6-4-2)12-9(10)11;8-6-4-2-1-3-5(6)7(9)10;/h8H,3-7H2,1-2H3,(H2,10,11);1-4,8H,(H,9,10);/q;;+2/p-2. The summed E-state index contributed by atoms with van der Waals surface area (Å²) >= 11 is 0.755. The Kier molecular flexibility index (Phi) is 12.0. The molecule has 0 aromatic heterocycles. The first-order valence-corrected chi connectivity index (χ1v) is 9.17. The van der Waals surface area contributed by atoms with E-state index in [1.807, 2.05) is 0 Å². The SMILES string of the molecule is CCCCC(CCC)OC(=O)[NH][Zn+].O=C([O-])c1ccccc1O. The fraction of sp³-hybridized carbons (Fsp3) is 0.500. The molecule has 1 amide bonds. The van der Waals surface area contributed by atoms with Crippen LogP contribution in [-0.2, 0) is 23.3 Å². The average Bonchev–Trinajstić information content (AvgIpc) is 2.53. The van der Waals surface area contributed by atoms with E-state index in [4.69, 9.17) is 9.84 Å². The maximum absolute atomic E-state index is 11.0. The number of hydrogen-bond acceptors (Lipinski definition) is 5. The molecule has 0 fully saturated rings. The molecular formula is C16H23NO5Zn. The van der Waals surface area contributed by atoms with E-state index in [1.54, 1.807) is 6.07 Å². The van der Waals surface area contributed by atoms with Gasteiger partial charge in [0.25, 0.3) is 0 Å². The van der Waals surface area contributed by atoms with E-state index in [1.165, 1.54) is 18.2 Å². The van der Waals surface area contributed by atoms with Crippen molar-refractivity contribution in [2.45, 2.75) is 52.1 Å². The van der Waals surface area contributed by atoms with Crippen molar-refractivity contribution in [3.8, 4) is 5.75 Å². The number of carboxylic acid groups (broad SMARTS) is 1. The number of phenols is 1. The third-order valence-electron chi connectivity index (χ3n) is 3.03. The Labute approximate surface area is 147 Å². The van der Waals surface area contributed by atoms with Crippen LogP contribution < -0.4 is 9.17 Å². The first-order chi connectivity index (χ1) is 11.0. The first-order valence-electron chi connectivity index (χ1n) is 7.69. The summed E-state index contributed by atoms with van der Waals surface area (Å²) in [5.74, 6) is -1.62. The van der Waals surface area contributed by atoms with Crippen molar-refractivity contribution in [1.82, 2.24) is 4.06 Å². The van der Waals surface area contributed by atoms with Gasteiger partial charge in [-0.2, -0.15) is 0 Å². The molecule has 0 aliphatic carbocycles. The van der Waals surface area contributed by atoms with Gasteiger partial charge in [0.1, 0.15) is 5.75 Å². The number of aromatic hydroxyl groups is 1. The second kappa shape index (κ2) is 12.9. The van der Waals surface area contributed by atoms with E-state index in [0.717, 1.165) is 50.6 Å². The van der Waals surface area contributed by atoms with Crippen molar-refractivity contribution in [2.24, 2.45) is 0 Å². The van der Waals surface area contributed by atoms with E-state index < -0.39 is 5.97 Å². The second-order valence-electron chi connectivity index (χ2n) is 4.94. The summed E-state index contributed by atoms with van der Waals surface area (Å²) in [6, 6.07) is 5.64. The summed E-state index contributed by atoms with van der Waals surface area (Å²) in [6.45, 7) is 4.26. The zero-order chi connectivity index (χ0) is 17.7. The quantitative estimate of drug-likeness (QED) is 0.713. The van der Waals surface area contributed by atoms with Crippen molar-refractivity contribution >= 4 is 12.1 Å². The van der Waals surface area contributed by atoms with Crippen LogP contribution in [0.1, 0.15) is 56.3 Å². The van der Waals surface area contributed by atoms with Gasteiger partial charge in [0, 0.05) is 5.56 Å². The van der Waals surface area contributed by atoms with Crippen LogP contribution in [0.4, 0.5) is 4.79 Å². The van der Waals surface area contributed by atoms with Crippen LogP contribution in [0.15, 0.2) is 24.3 Å². The Hall–Kier alpha value is -1.62. The van der Waals surface area contributed by atoms with Crippen LogP contribution in [0, 0.1) is 0 Å². The number of carbonyl (C=O) groups excluding carboxylic acids is 2. The maximum atomic E-state index is 11.0. The molecule has 1 rings (SSSR count). The van der Waals surface area contributed by atoms with Crippen molar-refractivity contribution < 1.29 is 43.1 Å². The minimum Gasteiger partial charge on any atom is -0.545 e. The number of aromatic carboxylic acids is 1. The van der Waals surface area contributed by atoms with Gasteiger partial charge in [0.15, 0.2) is 0 Å². The van der Waals surface area contributed by atoms with E-state index in [2.05, 4.69) is 17.9 Å². The summed E-state index contributed by atoms with van der Waals surface area (Å²) in [7, 11) is 0. The molecule has 124 valence electrons. The molecular weight excluding hydrogens is 352 g/mol. The molecule has 0 bridgehead atoms. The third-order valence-corrected chi connectivity index (χ3v) is 3.64. The number of amides is 1. The minimum absolute atomic E-state index is 0.122. The van der Waals surface area contributed by atoms with Gasteiger partial charge in [0.05, 0.1) is 5.97 Å². The van der Waals surface area contributed by atoms with Crippen LogP contribution in [0.3, 0.4) is 0 Å². The molecule has 0 aliphatic heterocycles. The summed E-state index contributed by atoms with van der Waals surface area (Å²) in [5, 5.41) is 19.0. The molecule has 0 radical (unpaired) electrons. The molecule has 0 heterocycles. The molecule has 0 saturated carbocycles. The molecule has 1 aromatic rings. The van der Waals surface area contributed by atoms with Gasteiger partial charge in [0.2, 0.25) is 0 Å². The topological polar surface area (TPSA) is 98.7 Å². The molecule has 7 heteroatoms. The second-order valence-corrected chi connectivity index (χ2v) is 5.68. The summed E-state index contributed by atoms with van der Waals surface area (Å²) in [4.78, 5) is 21.1. The number of carboxylic acids is 1. The number of unbranched alkanes of at least 4 members (excludes halogenated alkanes) is 1. The molecule has 1 unspecified atom stereocenters. The number of rotatable bonds is 7. The normalized spacial score (nSPS) is 11.0. The predicted octanol–water partition coefficient (Wildman–Crippen LogP) is 2.29. The Morgan fingerprint density at radius 3 is 2.35 bits per heavy atom. The minimum atomic E-state index is -1.36. The molecule has 0 aliphatic rings. The van der Waals surface area contributed by atoms with Gasteiger partial charge in [-0.15, -0.1) is 0 Å². The van der Waals surface area contributed by atoms with Crippen molar-refractivity contribution in [2.75, 3.05) is 0 Å². The molecule has 23 heavy (non-hydrogen) atoms. The van der Waals surface area contributed by atoms with Crippen LogP contribution in [-0.4, -0.2) is 23.3 Å². The van der Waals surface area contributed by atoms with Crippen molar-refractivity contribution in [1.29, 1.82) is 0 Å².